The van der Waals surface area contributed by atoms with E-state index in [1.54, 1.807) is 0 Å². The smallest absolute Gasteiger partial charge is 0.0730 e. The molecule has 0 atom stereocenters. The average molecular weight is 175 g/mol. The van der Waals surface area contributed by atoms with E-state index in [9.17, 15) is 0 Å². The lowest BCUT2D eigenvalue weighted by atomic mass is 10.0. The van der Waals surface area contributed by atoms with Crippen molar-refractivity contribution in [1.82, 2.24) is 0 Å². The van der Waals surface area contributed by atoms with Gasteiger partial charge in [0.15, 0.2) is 0 Å². The Morgan fingerprint density at radius 1 is 1.38 bits per heavy atom. The zero-order valence-electron chi connectivity index (χ0n) is 7.49. The summed E-state index contributed by atoms with van der Waals surface area (Å²) in [5.41, 5.74) is 9.26. The minimum absolute atomic E-state index is 0.588. The minimum Gasteiger partial charge on any atom is -0.372 e. The van der Waals surface area contributed by atoms with E-state index in [1.165, 1.54) is 16.7 Å². The SMILES string of the molecule is NC/C=C/c1cccc2c1COC2. The highest BCUT2D eigenvalue weighted by Crippen LogP contribution is 2.23. The van der Waals surface area contributed by atoms with Gasteiger partial charge in [-0.3, -0.25) is 0 Å². The van der Waals surface area contributed by atoms with E-state index in [-0.39, 0.29) is 0 Å². The van der Waals surface area contributed by atoms with Gasteiger partial charge in [-0.15, -0.1) is 0 Å². The van der Waals surface area contributed by atoms with Crippen molar-refractivity contribution in [2.45, 2.75) is 13.2 Å². The summed E-state index contributed by atoms with van der Waals surface area (Å²) in [4.78, 5) is 0. The molecule has 2 heteroatoms. The molecule has 0 fully saturated rings. The molecule has 0 amide bonds. The molecule has 2 rings (SSSR count). The van der Waals surface area contributed by atoms with Crippen molar-refractivity contribution >= 4 is 6.08 Å². The third-order valence-corrected chi connectivity index (χ3v) is 2.25. The molecule has 0 aliphatic carbocycles. The Morgan fingerprint density at radius 3 is 3.15 bits per heavy atom. The third-order valence-electron chi connectivity index (χ3n) is 2.25. The van der Waals surface area contributed by atoms with Crippen LogP contribution >= 0.6 is 0 Å². The largest absolute Gasteiger partial charge is 0.372 e. The lowest BCUT2D eigenvalue weighted by Gasteiger charge is -2.00. The highest BCUT2D eigenvalue weighted by molar-refractivity contribution is 5.56. The monoisotopic (exact) mass is 175 g/mol. The van der Waals surface area contributed by atoms with E-state index in [4.69, 9.17) is 10.5 Å². The molecule has 1 heterocycles. The summed E-state index contributed by atoms with van der Waals surface area (Å²) < 4.78 is 5.37. The van der Waals surface area contributed by atoms with Gasteiger partial charge in [0.1, 0.15) is 0 Å². The first-order valence-electron chi connectivity index (χ1n) is 4.47. The van der Waals surface area contributed by atoms with Crippen molar-refractivity contribution < 1.29 is 4.74 Å². The summed E-state index contributed by atoms with van der Waals surface area (Å²) >= 11 is 0. The molecule has 0 bridgehead atoms. The van der Waals surface area contributed by atoms with Crippen LogP contribution in [0.25, 0.3) is 6.08 Å². The van der Waals surface area contributed by atoms with Gasteiger partial charge in [0, 0.05) is 6.54 Å². The van der Waals surface area contributed by atoms with Gasteiger partial charge in [0.05, 0.1) is 13.2 Å². The van der Waals surface area contributed by atoms with Gasteiger partial charge in [0.25, 0.3) is 0 Å². The predicted molar refractivity (Wildman–Crippen MR) is 53.0 cm³/mol. The van der Waals surface area contributed by atoms with E-state index in [0.717, 1.165) is 13.2 Å². The molecule has 0 aromatic heterocycles. The Morgan fingerprint density at radius 2 is 2.31 bits per heavy atom. The van der Waals surface area contributed by atoms with Crippen LogP contribution in [0.2, 0.25) is 0 Å². The second kappa shape index (κ2) is 3.73. The van der Waals surface area contributed by atoms with Crippen molar-refractivity contribution in [2.75, 3.05) is 6.54 Å². The van der Waals surface area contributed by atoms with Gasteiger partial charge in [-0.2, -0.15) is 0 Å². The van der Waals surface area contributed by atoms with Crippen LogP contribution in [0.15, 0.2) is 24.3 Å². The van der Waals surface area contributed by atoms with Crippen LogP contribution in [-0.4, -0.2) is 6.54 Å². The second-order valence-corrected chi connectivity index (χ2v) is 3.12. The molecule has 0 unspecified atom stereocenters. The van der Waals surface area contributed by atoms with Crippen LogP contribution in [0.1, 0.15) is 16.7 Å². The topological polar surface area (TPSA) is 35.2 Å². The molecule has 1 aliphatic heterocycles. The van der Waals surface area contributed by atoms with Crippen molar-refractivity contribution in [3.8, 4) is 0 Å². The van der Waals surface area contributed by atoms with Crippen LogP contribution in [0.4, 0.5) is 0 Å². The Bertz CT molecular complexity index is 331. The summed E-state index contributed by atoms with van der Waals surface area (Å²) in [6.07, 6.45) is 4.03. The summed E-state index contributed by atoms with van der Waals surface area (Å²) in [5.74, 6) is 0. The quantitative estimate of drug-likeness (QED) is 0.742. The average Bonchev–Trinajstić information content (AvgIpc) is 2.62. The maximum absolute atomic E-state index is 5.40. The summed E-state index contributed by atoms with van der Waals surface area (Å²) in [7, 11) is 0. The van der Waals surface area contributed by atoms with Gasteiger partial charge in [-0.05, 0) is 16.7 Å². The van der Waals surface area contributed by atoms with E-state index >= 15 is 0 Å². The molecule has 2 N–H and O–H groups in total. The van der Waals surface area contributed by atoms with Gasteiger partial charge >= 0.3 is 0 Å². The van der Waals surface area contributed by atoms with Gasteiger partial charge in [-0.25, -0.2) is 0 Å². The number of ether oxygens (including phenoxy) is 1. The van der Waals surface area contributed by atoms with Crippen LogP contribution in [0.5, 0.6) is 0 Å². The van der Waals surface area contributed by atoms with Gasteiger partial charge in [0.2, 0.25) is 0 Å². The van der Waals surface area contributed by atoms with E-state index < -0.39 is 0 Å². The lowest BCUT2D eigenvalue weighted by molar-refractivity contribution is 0.134. The maximum atomic E-state index is 5.40. The summed E-state index contributed by atoms with van der Waals surface area (Å²) in [5, 5.41) is 0. The molecule has 1 aromatic rings. The Balaban J connectivity index is 2.36. The van der Waals surface area contributed by atoms with Crippen LogP contribution in [0.3, 0.4) is 0 Å². The molecule has 0 saturated heterocycles. The summed E-state index contributed by atoms with van der Waals surface area (Å²) in [6.45, 7) is 2.07. The van der Waals surface area contributed by atoms with Crippen molar-refractivity contribution in [1.29, 1.82) is 0 Å². The van der Waals surface area contributed by atoms with E-state index in [1.807, 2.05) is 6.08 Å². The fourth-order valence-electron chi connectivity index (χ4n) is 1.58. The maximum Gasteiger partial charge on any atom is 0.0730 e. The lowest BCUT2D eigenvalue weighted by Crippen LogP contribution is -1.93. The molecule has 13 heavy (non-hydrogen) atoms. The normalized spacial score (nSPS) is 15.2. The fourth-order valence-corrected chi connectivity index (χ4v) is 1.58. The van der Waals surface area contributed by atoms with E-state index in [2.05, 4.69) is 24.3 Å². The number of rotatable bonds is 2. The third kappa shape index (κ3) is 1.64. The molecule has 0 radical (unpaired) electrons. The molecule has 68 valence electrons. The van der Waals surface area contributed by atoms with Crippen LogP contribution < -0.4 is 5.73 Å². The second-order valence-electron chi connectivity index (χ2n) is 3.12. The minimum atomic E-state index is 0.588. The Labute approximate surface area is 78.0 Å². The number of hydrogen-bond acceptors (Lipinski definition) is 2. The van der Waals surface area contributed by atoms with Crippen molar-refractivity contribution in [2.24, 2.45) is 5.73 Å². The molecule has 2 nitrogen and oxygen atoms in total. The molecule has 1 aromatic carbocycles. The standard InChI is InChI=1S/C11H13NO/c12-6-2-5-9-3-1-4-10-7-13-8-11(9)10/h1-5H,6-8,12H2/b5-2+. The van der Waals surface area contributed by atoms with Crippen LogP contribution in [0, 0.1) is 0 Å². The van der Waals surface area contributed by atoms with Crippen molar-refractivity contribution in [3.63, 3.8) is 0 Å². The zero-order chi connectivity index (χ0) is 9.10. The number of nitrogens with two attached hydrogens (primary N) is 1. The van der Waals surface area contributed by atoms with Crippen molar-refractivity contribution in [3.05, 3.63) is 41.0 Å². The molecule has 0 saturated carbocycles. The Hall–Kier alpha value is -1.12. The number of hydrogen-bond donors (Lipinski definition) is 1. The molecular formula is C11H13NO. The van der Waals surface area contributed by atoms with Crippen LogP contribution in [-0.2, 0) is 18.0 Å². The van der Waals surface area contributed by atoms with E-state index in [0.29, 0.717) is 6.54 Å². The molecular weight excluding hydrogens is 162 g/mol. The molecule has 0 spiro atoms. The highest BCUT2D eigenvalue weighted by Gasteiger charge is 2.12. The first-order valence-corrected chi connectivity index (χ1v) is 4.47. The Kier molecular flexibility index (Phi) is 2.43. The number of benzene rings is 1. The first kappa shape index (κ1) is 8.48. The van der Waals surface area contributed by atoms with Gasteiger partial charge in [-0.1, -0.05) is 30.4 Å². The fraction of sp³-hybridized carbons (Fsp3) is 0.273. The molecule has 1 aliphatic rings. The predicted octanol–water partition coefficient (Wildman–Crippen LogP) is 1.69. The first-order chi connectivity index (χ1) is 6.42. The summed E-state index contributed by atoms with van der Waals surface area (Å²) in [6, 6.07) is 6.27. The highest BCUT2D eigenvalue weighted by atomic mass is 16.5. The van der Waals surface area contributed by atoms with Gasteiger partial charge < -0.3 is 10.5 Å². The zero-order valence-corrected chi connectivity index (χ0v) is 7.49. The number of fused-ring (bicyclic) bond motifs is 1.